The van der Waals surface area contributed by atoms with Gasteiger partial charge < -0.3 is 5.32 Å². The molecule has 21 heavy (non-hydrogen) atoms. The molecule has 1 nitrogen and oxygen atoms in total. The van der Waals surface area contributed by atoms with Gasteiger partial charge in [0.25, 0.3) is 0 Å². The number of hydrogen-bond acceptors (Lipinski definition) is 1. The van der Waals surface area contributed by atoms with E-state index in [1.807, 2.05) is 12.1 Å². The number of rotatable bonds is 4. The molecule has 0 spiro atoms. The van der Waals surface area contributed by atoms with Crippen molar-refractivity contribution in [3.8, 4) is 0 Å². The lowest BCUT2D eigenvalue weighted by Gasteiger charge is -2.12. The summed E-state index contributed by atoms with van der Waals surface area (Å²) in [7, 11) is 0. The van der Waals surface area contributed by atoms with Crippen LogP contribution in [0.25, 0.3) is 0 Å². The van der Waals surface area contributed by atoms with Crippen LogP contribution in [0.4, 0.5) is 5.69 Å². The van der Waals surface area contributed by atoms with Crippen LogP contribution in [0.5, 0.6) is 0 Å². The summed E-state index contributed by atoms with van der Waals surface area (Å²) < 4.78 is 0. The molecule has 0 radical (unpaired) electrons. The van der Waals surface area contributed by atoms with E-state index in [1.54, 1.807) is 0 Å². The quantitative estimate of drug-likeness (QED) is 0.723. The van der Waals surface area contributed by atoms with Gasteiger partial charge in [0.05, 0.1) is 16.1 Å². The fourth-order valence-corrected chi connectivity index (χ4v) is 3.19. The Bertz CT molecular complexity index is 652. The van der Waals surface area contributed by atoms with Gasteiger partial charge in [0, 0.05) is 5.69 Å². The van der Waals surface area contributed by atoms with Gasteiger partial charge in [-0.2, -0.15) is 0 Å². The first kappa shape index (κ1) is 14.7. The lowest BCUT2D eigenvalue weighted by atomic mass is 10.0. The second-order valence-electron chi connectivity index (χ2n) is 5.67. The standard InChI is InChI=1S/C18H19Cl2N/c1-2-3-4-12-5-8-17-14(9-12)11-18(21-17)13-6-7-15(19)16(20)10-13/h5-10,18,21H,2-4,11H2,1H3. The molecule has 0 bridgehead atoms. The monoisotopic (exact) mass is 319 g/mol. The van der Waals surface area contributed by atoms with E-state index in [0.717, 1.165) is 6.42 Å². The maximum Gasteiger partial charge on any atom is 0.0595 e. The molecular formula is C18H19Cl2N. The van der Waals surface area contributed by atoms with E-state index in [2.05, 4.69) is 36.5 Å². The predicted octanol–water partition coefficient (Wildman–Crippen LogP) is 6.05. The molecule has 0 amide bonds. The van der Waals surface area contributed by atoms with Crippen LogP contribution in [-0.2, 0) is 12.8 Å². The summed E-state index contributed by atoms with van der Waals surface area (Å²) in [5, 5.41) is 4.81. The summed E-state index contributed by atoms with van der Waals surface area (Å²) in [5.41, 5.74) is 5.27. The van der Waals surface area contributed by atoms with Gasteiger partial charge in [0.2, 0.25) is 0 Å². The van der Waals surface area contributed by atoms with Crippen LogP contribution >= 0.6 is 23.2 Å². The molecule has 2 aromatic carbocycles. The predicted molar refractivity (Wildman–Crippen MR) is 91.6 cm³/mol. The Kier molecular flexibility index (Phi) is 4.42. The van der Waals surface area contributed by atoms with Gasteiger partial charge in [0.15, 0.2) is 0 Å². The molecule has 3 heteroatoms. The third kappa shape index (κ3) is 3.20. The number of aryl methyl sites for hydroxylation is 1. The van der Waals surface area contributed by atoms with Crippen molar-refractivity contribution in [2.45, 2.75) is 38.6 Å². The SMILES string of the molecule is CCCCc1ccc2c(c1)CC(c1ccc(Cl)c(Cl)c1)N2. The van der Waals surface area contributed by atoms with Crippen molar-refractivity contribution in [3.63, 3.8) is 0 Å². The molecule has 1 heterocycles. The maximum absolute atomic E-state index is 6.13. The summed E-state index contributed by atoms with van der Waals surface area (Å²) in [6, 6.07) is 13.0. The number of unbranched alkanes of at least 4 members (excludes halogenated alkanes) is 1. The van der Waals surface area contributed by atoms with Crippen molar-refractivity contribution >= 4 is 28.9 Å². The fraction of sp³-hybridized carbons (Fsp3) is 0.333. The second kappa shape index (κ2) is 6.29. The molecule has 110 valence electrons. The molecule has 1 atom stereocenters. The minimum Gasteiger partial charge on any atom is -0.378 e. The van der Waals surface area contributed by atoms with Gasteiger partial charge >= 0.3 is 0 Å². The molecule has 1 aliphatic rings. The lowest BCUT2D eigenvalue weighted by Crippen LogP contribution is -2.05. The van der Waals surface area contributed by atoms with Crippen LogP contribution in [0.2, 0.25) is 10.0 Å². The van der Waals surface area contributed by atoms with E-state index in [0.29, 0.717) is 10.0 Å². The molecule has 3 rings (SSSR count). The first-order chi connectivity index (χ1) is 10.2. The Balaban J connectivity index is 1.78. The Morgan fingerprint density at radius 3 is 2.71 bits per heavy atom. The van der Waals surface area contributed by atoms with Gasteiger partial charge in [-0.25, -0.2) is 0 Å². The Morgan fingerprint density at radius 1 is 1.10 bits per heavy atom. The van der Waals surface area contributed by atoms with Crippen LogP contribution in [0.1, 0.15) is 42.5 Å². The van der Waals surface area contributed by atoms with E-state index in [9.17, 15) is 0 Å². The highest BCUT2D eigenvalue weighted by molar-refractivity contribution is 6.42. The van der Waals surface area contributed by atoms with E-state index < -0.39 is 0 Å². The largest absolute Gasteiger partial charge is 0.378 e. The van der Waals surface area contributed by atoms with Crippen molar-refractivity contribution in [2.24, 2.45) is 0 Å². The first-order valence-corrected chi connectivity index (χ1v) is 8.26. The lowest BCUT2D eigenvalue weighted by molar-refractivity contribution is 0.792. The zero-order valence-electron chi connectivity index (χ0n) is 12.1. The smallest absolute Gasteiger partial charge is 0.0595 e. The van der Waals surface area contributed by atoms with Crippen molar-refractivity contribution < 1.29 is 0 Å². The number of hydrogen-bond donors (Lipinski definition) is 1. The number of nitrogens with one attached hydrogen (secondary N) is 1. The average Bonchev–Trinajstić information content (AvgIpc) is 2.91. The summed E-state index contributed by atoms with van der Waals surface area (Å²) in [6.45, 7) is 2.23. The van der Waals surface area contributed by atoms with Crippen molar-refractivity contribution in [1.82, 2.24) is 0 Å². The van der Waals surface area contributed by atoms with Crippen molar-refractivity contribution in [3.05, 3.63) is 63.1 Å². The van der Waals surface area contributed by atoms with Crippen LogP contribution in [0.3, 0.4) is 0 Å². The zero-order valence-corrected chi connectivity index (χ0v) is 13.6. The van der Waals surface area contributed by atoms with Crippen molar-refractivity contribution in [1.29, 1.82) is 0 Å². The third-order valence-corrected chi connectivity index (χ3v) is 4.83. The topological polar surface area (TPSA) is 12.0 Å². The molecule has 1 N–H and O–H groups in total. The molecule has 0 saturated heterocycles. The Labute approximate surface area is 136 Å². The van der Waals surface area contributed by atoms with E-state index in [4.69, 9.17) is 23.2 Å². The number of fused-ring (bicyclic) bond motifs is 1. The zero-order chi connectivity index (χ0) is 14.8. The highest BCUT2D eigenvalue weighted by Crippen LogP contribution is 2.36. The summed E-state index contributed by atoms with van der Waals surface area (Å²) >= 11 is 12.1. The molecule has 0 aliphatic carbocycles. The Morgan fingerprint density at radius 2 is 1.95 bits per heavy atom. The van der Waals surface area contributed by atoms with E-state index in [-0.39, 0.29) is 6.04 Å². The van der Waals surface area contributed by atoms with Crippen LogP contribution in [0.15, 0.2) is 36.4 Å². The number of halogens is 2. The van der Waals surface area contributed by atoms with Gasteiger partial charge in [-0.05, 0) is 54.2 Å². The van der Waals surface area contributed by atoms with Crippen LogP contribution in [-0.4, -0.2) is 0 Å². The molecule has 0 aromatic heterocycles. The van der Waals surface area contributed by atoms with Gasteiger partial charge in [-0.1, -0.05) is 54.7 Å². The normalized spacial score (nSPS) is 16.6. The molecular weight excluding hydrogens is 301 g/mol. The van der Waals surface area contributed by atoms with E-state index in [1.165, 1.54) is 41.6 Å². The highest BCUT2D eigenvalue weighted by Gasteiger charge is 2.22. The molecule has 1 unspecified atom stereocenters. The number of benzene rings is 2. The molecule has 1 aliphatic heterocycles. The van der Waals surface area contributed by atoms with Crippen LogP contribution < -0.4 is 5.32 Å². The molecule has 0 fully saturated rings. The van der Waals surface area contributed by atoms with Crippen LogP contribution in [0, 0.1) is 0 Å². The second-order valence-corrected chi connectivity index (χ2v) is 6.48. The van der Waals surface area contributed by atoms with E-state index >= 15 is 0 Å². The summed E-state index contributed by atoms with van der Waals surface area (Å²) in [5.74, 6) is 0. The molecule has 2 aromatic rings. The van der Waals surface area contributed by atoms with Gasteiger partial charge in [0.1, 0.15) is 0 Å². The van der Waals surface area contributed by atoms with Crippen molar-refractivity contribution in [2.75, 3.05) is 5.32 Å². The average molecular weight is 320 g/mol. The highest BCUT2D eigenvalue weighted by atomic mass is 35.5. The van der Waals surface area contributed by atoms with Gasteiger partial charge in [-0.15, -0.1) is 0 Å². The maximum atomic E-state index is 6.13. The first-order valence-electron chi connectivity index (χ1n) is 7.50. The minimum absolute atomic E-state index is 0.288. The molecule has 0 saturated carbocycles. The third-order valence-electron chi connectivity index (χ3n) is 4.09. The summed E-state index contributed by atoms with van der Waals surface area (Å²) in [4.78, 5) is 0. The fourth-order valence-electron chi connectivity index (χ4n) is 2.88. The Hall–Kier alpha value is -1.18. The minimum atomic E-state index is 0.288. The number of anilines is 1. The summed E-state index contributed by atoms with van der Waals surface area (Å²) in [6.07, 6.45) is 4.66. The van der Waals surface area contributed by atoms with Gasteiger partial charge in [-0.3, -0.25) is 0 Å².